The van der Waals surface area contributed by atoms with Crippen LogP contribution in [0.15, 0.2) is 58.2 Å². The summed E-state index contributed by atoms with van der Waals surface area (Å²) >= 11 is 0. The lowest BCUT2D eigenvalue weighted by molar-refractivity contribution is -0.143. The predicted octanol–water partition coefficient (Wildman–Crippen LogP) is 0.896. The monoisotopic (exact) mass is 412 g/mol. The third-order valence-electron chi connectivity index (χ3n) is 4.02. The molecule has 10 heteroatoms. The number of benzene rings is 1. The van der Waals surface area contributed by atoms with Gasteiger partial charge in [-0.3, -0.25) is 14.0 Å². The van der Waals surface area contributed by atoms with Crippen molar-refractivity contribution >= 4 is 21.6 Å². The normalized spacial score (nSPS) is 11.2. The van der Waals surface area contributed by atoms with Crippen molar-refractivity contribution < 1.29 is 17.9 Å². The van der Waals surface area contributed by atoms with Gasteiger partial charge in [-0.15, -0.1) is 0 Å². The summed E-state index contributed by atoms with van der Waals surface area (Å²) in [4.78, 5) is 28.2. The first kappa shape index (κ1) is 20.2. The molecule has 3 aromatic rings. The van der Waals surface area contributed by atoms with Crippen LogP contribution in [0.4, 0.5) is 0 Å². The number of hydrogen-bond donors (Lipinski definition) is 1. The largest absolute Gasteiger partial charge is 0.458 e. The Morgan fingerprint density at radius 2 is 2.00 bits per heavy atom. The van der Waals surface area contributed by atoms with Crippen molar-refractivity contribution in [2.75, 3.05) is 6.54 Å². The molecule has 148 valence electrons. The number of esters is 1. The van der Waals surface area contributed by atoms with Crippen LogP contribution in [-0.4, -0.2) is 30.3 Å². The predicted molar refractivity (Wildman–Crippen MR) is 102 cm³/mol. The first-order chi connectivity index (χ1) is 13.8. The van der Waals surface area contributed by atoms with Gasteiger partial charge in [-0.2, -0.15) is 9.98 Å². The van der Waals surface area contributed by atoms with Gasteiger partial charge in [0, 0.05) is 11.8 Å². The first-order valence-electron chi connectivity index (χ1n) is 8.44. The highest BCUT2D eigenvalue weighted by Crippen LogP contribution is 2.13. The molecule has 0 saturated carbocycles. The maximum atomic E-state index is 12.3. The molecule has 0 saturated heterocycles. The Balaban J connectivity index is 1.66. The summed E-state index contributed by atoms with van der Waals surface area (Å²) in [5.74, 6) is -0.853. The molecule has 0 bridgehead atoms. The zero-order chi connectivity index (χ0) is 21.0. The Morgan fingerprint density at radius 3 is 2.76 bits per heavy atom. The highest BCUT2D eigenvalue weighted by molar-refractivity contribution is 7.89. The molecular formula is C19H16N4O5S. The highest BCUT2D eigenvalue weighted by atomic mass is 32.2. The molecule has 0 fully saturated rings. The fourth-order valence-corrected chi connectivity index (χ4v) is 3.79. The summed E-state index contributed by atoms with van der Waals surface area (Å²) in [6, 6.07) is 13.8. The number of nitrogens with zero attached hydrogens (tertiary/aromatic N) is 3. The van der Waals surface area contributed by atoms with Crippen molar-refractivity contribution in [2.45, 2.75) is 18.4 Å². The Morgan fingerprint density at radius 1 is 1.24 bits per heavy atom. The zero-order valence-electron chi connectivity index (χ0n) is 15.3. The maximum Gasteiger partial charge on any atom is 0.321 e. The average Bonchev–Trinajstić information content (AvgIpc) is 2.70. The molecule has 0 amide bonds. The fourth-order valence-electron chi connectivity index (χ4n) is 2.67. The lowest BCUT2D eigenvalue weighted by atomic mass is 10.2. The molecule has 1 N–H and O–H groups in total. The lowest BCUT2D eigenvalue weighted by Crippen LogP contribution is -2.31. The van der Waals surface area contributed by atoms with Gasteiger partial charge in [0.1, 0.15) is 24.9 Å². The quantitative estimate of drug-likeness (QED) is 0.595. The van der Waals surface area contributed by atoms with Crippen LogP contribution >= 0.6 is 0 Å². The number of pyridine rings is 1. The smallest absolute Gasteiger partial charge is 0.321 e. The Labute approximate surface area is 166 Å². The Kier molecular flexibility index (Phi) is 5.72. The van der Waals surface area contributed by atoms with E-state index in [1.54, 1.807) is 31.2 Å². The summed E-state index contributed by atoms with van der Waals surface area (Å²) in [6.07, 6.45) is 0. The number of carbonyl (C=O) groups excluding carboxylic acids is 1. The van der Waals surface area contributed by atoms with Crippen molar-refractivity contribution in [1.29, 1.82) is 5.26 Å². The van der Waals surface area contributed by atoms with Crippen molar-refractivity contribution in [2.24, 2.45) is 0 Å². The van der Waals surface area contributed by atoms with Gasteiger partial charge in [-0.05, 0) is 31.2 Å². The van der Waals surface area contributed by atoms with E-state index in [1.165, 1.54) is 34.7 Å². The molecule has 0 atom stereocenters. The average molecular weight is 412 g/mol. The molecule has 0 spiro atoms. The number of aryl methyl sites for hydroxylation is 1. The fraction of sp³-hybridized carbons (Fsp3) is 0.158. The molecule has 1 aromatic carbocycles. The van der Waals surface area contributed by atoms with E-state index in [9.17, 15) is 18.0 Å². The molecule has 0 aliphatic carbocycles. The molecule has 0 radical (unpaired) electrons. The third kappa shape index (κ3) is 4.48. The minimum absolute atomic E-state index is 0.0375. The van der Waals surface area contributed by atoms with E-state index in [2.05, 4.69) is 9.71 Å². The number of fused-ring (bicyclic) bond motifs is 1. The van der Waals surface area contributed by atoms with Crippen LogP contribution in [-0.2, 0) is 26.2 Å². The van der Waals surface area contributed by atoms with Crippen LogP contribution in [0.2, 0.25) is 0 Å². The summed E-state index contributed by atoms with van der Waals surface area (Å²) in [6.45, 7) is 0.856. The molecule has 0 unspecified atom stereocenters. The van der Waals surface area contributed by atoms with Crippen molar-refractivity contribution in [3.05, 3.63) is 75.8 Å². The lowest BCUT2D eigenvalue weighted by Gasteiger charge is -2.09. The van der Waals surface area contributed by atoms with E-state index in [4.69, 9.17) is 10.00 Å². The van der Waals surface area contributed by atoms with Gasteiger partial charge >= 0.3 is 5.97 Å². The number of nitriles is 1. The van der Waals surface area contributed by atoms with Crippen LogP contribution in [0, 0.1) is 18.3 Å². The molecule has 3 rings (SSSR count). The Bertz CT molecular complexity index is 1290. The van der Waals surface area contributed by atoms with E-state index >= 15 is 0 Å². The number of ether oxygens (including phenoxy) is 1. The van der Waals surface area contributed by atoms with Gasteiger partial charge in [0.05, 0.1) is 16.2 Å². The number of aromatic nitrogens is 2. The van der Waals surface area contributed by atoms with E-state index in [-0.39, 0.29) is 28.3 Å². The molecule has 9 nitrogen and oxygen atoms in total. The standard InChI is InChI=1S/C19H16N4O5S/c1-13-5-4-8-17-22-15(9-18(24)23(13)17)12-28-19(25)11-21-29(26,27)16-7-3-2-6-14(16)10-20/h2-9,21H,11-12H2,1H3. The minimum atomic E-state index is -4.06. The second-order valence-electron chi connectivity index (χ2n) is 6.04. The zero-order valence-corrected chi connectivity index (χ0v) is 16.1. The van der Waals surface area contributed by atoms with E-state index in [0.29, 0.717) is 5.65 Å². The number of rotatable bonds is 6. The molecule has 0 aliphatic heterocycles. The van der Waals surface area contributed by atoms with Crippen molar-refractivity contribution in [3.8, 4) is 6.07 Å². The molecule has 0 aliphatic rings. The first-order valence-corrected chi connectivity index (χ1v) is 9.93. The van der Waals surface area contributed by atoms with Crippen LogP contribution in [0.3, 0.4) is 0 Å². The van der Waals surface area contributed by atoms with E-state index in [0.717, 1.165) is 5.69 Å². The third-order valence-corrected chi connectivity index (χ3v) is 5.48. The van der Waals surface area contributed by atoms with E-state index < -0.39 is 22.5 Å². The van der Waals surface area contributed by atoms with Gasteiger partial charge < -0.3 is 4.74 Å². The van der Waals surface area contributed by atoms with Crippen LogP contribution < -0.4 is 10.3 Å². The van der Waals surface area contributed by atoms with Crippen LogP contribution in [0.25, 0.3) is 5.65 Å². The molecule has 29 heavy (non-hydrogen) atoms. The number of carbonyl (C=O) groups is 1. The molecule has 2 heterocycles. The Hall–Kier alpha value is -3.55. The van der Waals surface area contributed by atoms with Gasteiger partial charge in [0.15, 0.2) is 0 Å². The summed E-state index contributed by atoms with van der Waals surface area (Å²) in [5.41, 5.74) is 1.03. The van der Waals surface area contributed by atoms with Gasteiger partial charge in [-0.1, -0.05) is 18.2 Å². The SMILES string of the molecule is Cc1cccc2nc(COC(=O)CNS(=O)(=O)c3ccccc3C#N)cc(=O)n12. The highest BCUT2D eigenvalue weighted by Gasteiger charge is 2.19. The number of hydrogen-bond acceptors (Lipinski definition) is 7. The van der Waals surface area contributed by atoms with Crippen molar-refractivity contribution in [3.63, 3.8) is 0 Å². The number of nitrogens with one attached hydrogen (secondary N) is 1. The van der Waals surface area contributed by atoms with Gasteiger partial charge in [0.25, 0.3) is 5.56 Å². The molecule has 2 aromatic heterocycles. The number of sulfonamides is 1. The van der Waals surface area contributed by atoms with Crippen LogP contribution in [0.1, 0.15) is 17.0 Å². The van der Waals surface area contributed by atoms with Gasteiger partial charge in [0.2, 0.25) is 10.0 Å². The minimum Gasteiger partial charge on any atom is -0.458 e. The second-order valence-corrected chi connectivity index (χ2v) is 7.78. The maximum absolute atomic E-state index is 12.3. The molecular weight excluding hydrogens is 396 g/mol. The topological polar surface area (TPSA) is 131 Å². The van der Waals surface area contributed by atoms with Crippen LogP contribution in [0.5, 0.6) is 0 Å². The van der Waals surface area contributed by atoms with Gasteiger partial charge in [-0.25, -0.2) is 13.4 Å². The summed E-state index contributed by atoms with van der Waals surface area (Å²) in [7, 11) is -4.06. The van der Waals surface area contributed by atoms with E-state index in [1.807, 2.05) is 0 Å². The summed E-state index contributed by atoms with van der Waals surface area (Å²) < 4.78 is 33.1. The summed E-state index contributed by atoms with van der Waals surface area (Å²) in [5, 5.41) is 9.02. The van der Waals surface area contributed by atoms with Crippen molar-refractivity contribution in [1.82, 2.24) is 14.1 Å². The second kappa shape index (κ2) is 8.22.